The molecule has 0 saturated carbocycles. The summed E-state index contributed by atoms with van der Waals surface area (Å²) in [4.78, 5) is 0. The molecule has 0 saturated heterocycles. The normalized spacial score (nSPS) is 9.58. The average Bonchev–Trinajstić information content (AvgIpc) is 2.79. The van der Waals surface area contributed by atoms with E-state index in [1.165, 1.54) is 31.3 Å². The molecule has 0 atom stereocenters. The topological polar surface area (TPSA) is 0 Å². The zero-order valence-electron chi connectivity index (χ0n) is 12.9. The van der Waals surface area contributed by atoms with Gasteiger partial charge in [-0.25, -0.2) is 0 Å². The van der Waals surface area contributed by atoms with Crippen molar-refractivity contribution in [1.29, 1.82) is 0 Å². The van der Waals surface area contributed by atoms with Crippen molar-refractivity contribution in [1.82, 2.24) is 0 Å². The van der Waals surface area contributed by atoms with Crippen LogP contribution in [-0.4, -0.2) is 0 Å². The smallest absolute Gasteiger partial charge is 0.0358 e. The van der Waals surface area contributed by atoms with Crippen LogP contribution >= 0.6 is 11.3 Å². The summed E-state index contributed by atoms with van der Waals surface area (Å²) >= 11 is 1.89. The molecule has 0 aliphatic rings. The van der Waals surface area contributed by atoms with Crippen molar-refractivity contribution in [2.75, 3.05) is 0 Å². The first kappa shape index (κ1) is 15.7. The first-order valence-corrected chi connectivity index (χ1v) is 7.95. The minimum absolute atomic E-state index is 1.34. The highest BCUT2D eigenvalue weighted by atomic mass is 32.1. The molecule has 0 amide bonds. The van der Waals surface area contributed by atoms with Crippen LogP contribution in [-0.2, 0) is 0 Å². The van der Waals surface area contributed by atoms with Crippen LogP contribution in [0.5, 0.6) is 0 Å². The molecule has 0 radical (unpaired) electrons. The Bertz CT molecular complexity index is 591. The number of rotatable bonds is 0. The van der Waals surface area contributed by atoms with E-state index in [-0.39, 0.29) is 0 Å². The van der Waals surface area contributed by atoms with E-state index < -0.39 is 0 Å². The molecule has 2 aromatic carbocycles. The van der Waals surface area contributed by atoms with E-state index in [1.807, 2.05) is 39.0 Å². The molecular weight excluding hydrogens is 248 g/mol. The van der Waals surface area contributed by atoms with E-state index in [1.54, 1.807) is 0 Å². The summed E-state index contributed by atoms with van der Waals surface area (Å²) in [5, 5.41) is 2.78. The SMILES string of the molecule is CC.CC.Cc1ccc2c(c1)sc1cc(C)ccc12. The second-order valence-corrected chi connectivity index (χ2v) is 5.19. The molecule has 0 spiro atoms. The maximum absolute atomic E-state index is 2.27. The molecule has 1 heterocycles. The lowest BCUT2D eigenvalue weighted by Crippen LogP contribution is -1.71. The molecule has 0 N–H and O–H groups in total. The second kappa shape index (κ2) is 7.30. The van der Waals surface area contributed by atoms with Gasteiger partial charge in [-0.05, 0) is 37.1 Å². The summed E-state index contributed by atoms with van der Waals surface area (Å²) in [5.41, 5.74) is 2.68. The van der Waals surface area contributed by atoms with Gasteiger partial charge in [0.2, 0.25) is 0 Å². The maximum Gasteiger partial charge on any atom is 0.0358 e. The van der Waals surface area contributed by atoms with E-state index in [0.717, 1.165) is 0 Å². The zero-order chi connectivity index (χ0) is 14.4. The third kappa shape index (κ3) is 3.36. The predicted octanol–water partition coefficient (Wildman–Crippen LogP) is 6.72. The van der Waals surface area contributed by atoms with E-state index in [4.69, 9.17) is 0 Å². The van der Waals surface area contributed by atoms with Crippen LogP contribution in [0.1, 0.15) is 38.8 Å². The summed E-state index contributed by atoms with van der Waals surface area (Å²) in [5.74, 6) is 0. The summed E-state index contributed by atoms with van der Waals surface area (Å²) in [6.45, 7) is 12.3. The van der Waals surface area contributed by atoms with Gasteiger partial charge in [0.1, 0.15) is 0 Å². The molecule has 102 valence electrons. The number of thiophene rings is 1. The standard InChI is InChI=1S/C14H12S.2C2H6/c1-9-3-5-11-12-6-4-10(2)8-14(12)15-13(11)7-9;2*1-2/h3-8H,1-2H3;2*1-2H3. The van der Waals surface area contributed by atoms with Crippen molar-refractivity contribution in [3.63, 3.8) is 0 Å². The van der Waals surface area contributed by atoms with Crippen LogP contribution < -0.4 is 0 Å². The fourth-order valence-electron chi connectivity index (χ4n) is 1.99. The van der Waals surface area contributed by atoms with Crippen molar-refractivity contribution < 1.29 is 0 Å². The highest BCUT2D eigenvalue weighted by molar-refractivity contribution is 7.25. The molecule has 3 aromatic rings. The Morgan fingerprint density at radius 1 is 0.632 bits per heavy atom. The highest BCUT2D eigenvalue weighted by Gasteiger charge is 2.04. The average molecular weight is 272 g/mol. The van der Waals surface area contributed by atoms with Gasteiger partial charge in [0.25, 0.3) is 0 Å². The molecule has 0 aliphatic heterocycles. The van der Waals surface area contributed by atoms with Gasteiger partial charge in [-0.15, -0.1) is 11.3 Å². The minimum Gasteiger partial charge on any atom is -0.135 e. The number of hydrogen-bond donors (Lipinski definition) is 0. The van der Waals surface area contributed by atoms with Crippen LogP contribution in [0.15, 0.2) is 36.4 Å². The zero-order valence-corrected chi connectivity index (χ0v) is 13.7. The van der Waals surface area contributed by atoms with Gasteiger partial charge >= 0.3 is 0 Å². The maximum atomic E-state index is 2.27. The van der Waals surface area contributed by atoms with Crippen molar-refractivity contribution in [2.24, 2.45) is 0 Å². The Morgan fingerprint density at radius 3 is 1.37 bits per heavy atom. The second-order valence-electron chi connectivity index (χ2n) is 4.10. The van der Waals surface area contributed by atoms with Crippen molar-refractivity contribution in [3.8, 4) is 0 Å². The van der Waals surface area contributed by atoms with Gasteiger partial charge in [0, 0.05) is 20.2 Å². The Balaban J connectivity index is 0.000000415. The lowest BCUT2D eigenvalue weighted by molar-refractivity contribution is 1.50. The minimum atomic E-state index is 1.34. The first-order chi connectivity index (χ1) is 9.24. The highest BCUT2D eigenvalue weighted by Crippen LogP contribution is 2.34. The molecule has 1 heteroatoms. The quantitative estimate of drug-likeness (QED) is 0.426. The van der Waals surface area contributed by atoms with Gasteiger partial charge in [-0.1, -0.05) is 52.0 Å². The van der Waals surface area contributed by atoms with Crippen LogP contribution in [0.2, 0.25) is 0 Å². The number of aryl methyl sites for hydroxylation is 2. The Labute approximate surface area is 121 Å². The molecule has 3 rings (SSSR count). The number of benzene rings is 2. The summed E-state index contributed by atoms with van der Waals surface area (Å²) in [6, 6.07) is 13.4. The summed E-state index contributed by atoms with van der Waals surface area (Å²) in [6.07, 6.45) is 0. The van der Waals surface area contributed by atoms with Gasteiger partial charge in [0.15, 0.2) is 0 Å². The van der Waals surface area contributed by atoms with E-state index in [9.17, 15) is 0 Å². The van der Waals surface area contributed by atoms with Crippen LogP contribution in [0.25, 0.3) is 20.2 Å². The van der Waals surface area contributed by atoms with Gasteiger partial charge < -0.3 is 0 Å². The van der Waals surface area contributed by atoms with Crippen molar-refractivity contribution in [3.05, 3.63) is 47.5 Å². The molecule has 0 fully saturated rings. The third-order valence-corrected chi connectivity index (χ3v) is 3.90. The Morgan fingerprint density at radius 2 is 1.00 bits per heavy atom. The molecule has 1 aromatic heterocycles. The molecule has 0 nitrogen and oxygen atoms in total. The predicted molar refractivity (Wildman–Crippen MR) is 91.5 cm³/mol. The number of hydrogen-bond acceptors (Lipinski definition) is 1. The van der Waals surface area contributed by atoms with Gasteiger partial charge in [-0.3, -0.25) is 0 Å². The summed E-state index contributed by atoms with van der Waals surface area (Å²) < 4.78 is 2.80. The van der Waals surface area contributed by atoms with Crippen LogP contribution in [0.4, 0.5) is 0 Å². The molecule has 0 bridgehead atoms. The van der Waals surface area contributed by atoms with Crippen LogP contribution in [0.3, 0.4) is 0 Å². The largest absolute Gasteiger partial charge is 0.135 e. The Kier molecular flexibility index (Phi) is 6.04. The van der Waals surface area contributed by atoms with Gasteiger partial charge in [-0.2, -0.15) is 0 Å². The number of fused-ring (bicyclic) bond motifs is 3. The third-order valence-electron chi connectivity index (χ3n) is 2.78. The van der Waals surface area contributed by atoms with E-state index in [2.05, 4.69) is 50.2 Å². The van der Waals surface area contributed by atoms with Crippen molar-refractivity contribution >= 4 is 31.5 Å². The molecule has 0 unspecified atom stereocenters. The molecular formula is C18H24S. The first-order valence-electron chi connectivity index (χ1n) is 7.13. The lowest BCUT2D eigenvalue weighted by atomic mass is 10.1. The summed E-state index contributed by atoms with van der Waals surface area (Å²) in [7, 11) is 0. The monoisotopic (exact) mass is 272 g/mol. The Hall–Kier alpha value is -1.34. The van der Waals surface area contributed by atoms with Crippen molar-refractivity contribution in [2.45, 2.75) is 41.5 Å². The van der Waals surface area contributed by atoms with E-state index in [0.29, 0.717) is 0 Å². The molecule has 19 heavy (non-hydrogen) atoms. The lowest BCUT2D eigenvalue weighted by Gasteiger charge is -1.94. The van der Waals surface area contributed by atoms with Crippen LogP contribution in [0, 0.1) is 13.8 Å². The van der Waals surface area contributed by atoms with E-state index >= 15 is 0 Å². The van der Waals surface area contributed by atoms with Gasteiger partial charge in [0.05, 0.1) is 0 Å². The molecule has 0 aliphatic carbocycles. The fraction of sp³-hybridized carbons (Fsp3) is 0.333. The fourth-order valence-corrected chi connectivity index (χ4v) is 3.29.